The molecule has 0 aliphatic heterocycles. The third kappa shape index (κ3) is 4.86. The Hall–Kier alpha value is -3.27. The molecular weight excluding hydrogens is 501 g/mol. The number of amides is 1. The molecule has 11 heteroatoms. The Kier molecular flexibility index (Phi) is 7.04. The number of hydrogen-bond acceptors (Lipinski definition) is 6. The Balaban J connectivity index is 1.60. The summed E-state index contributed by atoms with van der Waals surface area (Å²) in [7, 11) is 1.70. The Bertz CT molecular complexity index is 1390. The lowest BCUT2D eigenvalue weighted by Crippen LogP contribution is -2.36. The molecule has 1 fully saturated rings. The van der Waals surface area contributed by atoms with Crippen molar-refractivity contribution in [3.8, 4) is 28.3 Å². The lowest BCUT2D eigenvalue weighted by atomic mass is 9.95. The minimum Gasteiger partial charge on any atom is -0.392 e. The fraction of sp³-hybridized carbons (Fsp3) is 0.320. The second-order valence-corrected chi connectivity index (χ2v) is 9.67. The number of nitrogens with zero attached hydrogens (tertiary/aromatic N) is 6. The molecule has 1 aliphatic rings. The van der Waals surface area contributed by atoms with Gasteiger partial charge in [0, 0.05) is 27.8 Å². The molecule has 2 heterocycles. The number of hydrogen-bond donors (Lipinski definition) is 2. The summed E-state index contributed by atoms with van der Waals surface area (Å²) in [5.41, 5.74) is 3.21. The van der Waals surface area contributed by atoms with Crippen molar-refractivity contribution < 1.29 is 9.90 Å². The maximum absolute atomic E-state index is 13.3. The summed E-state index contributed by atoms with van der Waals surface area (Å²) in [6.07, 6.45) is 5.24. The van der Waals surface area contributed by atoms with Gasteiger partial charge in [-0.25, -0.2) is 4.68 Å². The van der Waals surface area contributed by atoms with Crippen LogP contribution in [0.3, 0.4) is 0 Å². The van der Waals surface area contributed by atoms with Crippen molar-refractivity contribution in [3.63, 3.8) is 0 Å². The first kappa shape index (κ1) is 24.4. The van der Waals surface area contributed by atoms with E-state index >= 15 is 0 Å². The maximum Gasteiger partial charge on any atom is 0.272 e. The second-order valence-electron chi connectivity index (χ2n) is 8.83. The van der Waals surface area contributed by atoms with Crippen molar-refractivity contribution in [2.24, 2.45) is 7.05 Å². The highest BCUT2D eigenvalue weighted by Gasteiger charge is 2.27. The first-order valence-corrected chi connectivity index (χ1v) is 12.5. The standard InChI is InChI=1S/C25H25Cl2N7O2/c1-33-31-24(29-32-33)16-9-7-15(8-10-16)23-19(14-35)22(25(36)28-18-5-3-2-4-6-18)30-34(23)21-12-11-17(26)13-20(21)27/h7-13,18,35H,2-6,14H2,1H3,(H,28,36). The molecule has 9 nitrogen and oxygen atoms in total. The van der Waals surface area contributed by atoms with Crippen LogP contribution in [0.25, 0.3) is 28.3 Å². The van der Waals surface area contributed by atoms with Gasteiger partial charge >= 0.3 is 0 Å². The monoisotopic (exact) mass is 525 g/mol. The number of benzene rings is 2. The van der Waals surface area contributed by atoms with Crippen molar-refractivity contribution in [1.82, 2.24) is 35.3 Å². The van der Waals surface area contributed by atoms with Gasteiger partial charge in [0.1, 0.15) is 0 Å². The predicted octanol–water partition coefficient (Wildman–Crippen LogP) is 4.59. The van der Waals surface area contributed by atoms with Crippen LogP contribution in [0.15, 0.2) is 42.5 Å². The van der Waals surface area contributed by atoms with Gasteiger partial charge in [0.15, 0.2) is 5.69 Å². The minimum atomic E-state index is -0.374. The number of carbonyl (C=O) groups excluding carboxylic acids is 1. The summed E-state index contributed by atoms with van der Waals surface area (Å²) in [5.74, 6) is 0.185. The maximum atomic E-state index is 13.3. The molecule has 1 amide bonds. The van der Waals surface area contributed by atoms with Crippen molar-refractivity contribution in [2.45, 2.75) is 44.8 Å². The third-order valence-corrected chi connectivity index (χ3v) is 6.90. The Morgan fingerprint density at radius 1 is 1.06 bits per heavy atom. The minimum absolute atomic E-state index is 0.101. The summed E-state index contributed by atoms with van der Waals surface area (Å²) in [5, 5.41) is 31.2. The van der Waals surface area contributed by atoms with Crippen LogP contribution in [-0.2, 0) is 13.7 Å². The van der Waals surface area contributed by atoms with E-state index in [2.05, 4.69) is 25.8 Å². The molecule has 0 unspecified atom stereocenters. The molecule has 0 radical (unpaired) electrons. The van der Waals surface area contributed by atoms with Crippen LogP contribution in [-0.4, -0.2) is 47.0 Å². The number of rotatable bonds is 6. The predicted molar refractivity (Wildman–Crippen MR) is 137 cm³/mol. The van der Waals surface area contributed by atoms with E-state index in [9.17, 15) is 9.90 Å². The van der Waals surface area contributed by atoms with E-state index < -0.39 is 0 Å². The SMILES string of the molecule is Cn1nnc(-c2ccc(-c3c(CO)c(C(=O)NC4CCCCC4)nn3-c3ccc(Cl)cc3Cl)cc2)n1. The van der Waals surface area contributed by atoms with Gasteiger partial charge in [-0.05, 0) is 36.3 Å². The number of aryl methyl sites for hydroxylation is 1. The molecule has 0 atom stereocenters. The quantitative estimate of drug-likeness (QED) is 0.380. The highest BCUT2D eigenvalue weighted by Crippen LogP contribution is 2.34. The van der Waals surface area contributed by atoms with Crippen molar-refractivity contribution in [1.29, 1.82) is 0 Å². The highest BCUT2D eigenvalue weighted by atomic mass is 35.5. The van der Waals surface area contributed by atoms with Gasteiger partial charge in [0.25, 0.3) is 5.91 Å². The van der Waals surface area contributed by atoms with Crippen LogP contribution in [0.1, 0.15) is 48.2 Å². The van der Waals surface area contributed by atoms with E-state index in [0.717, 1.165) is 36.8 Å². The number of halogens is 2. The summed E-state index contributed by atoms with van der Waals surface area (Å²) in [6.45, 7) is -0.374. The van der Waals surface area contributed by atoms with E-state index in [4.69, 9.17) is 23.2 Å². The summed E-state index contributed by atoms with van der Waals surface area (Å²) >= 11 is 12.7. The first-order chi connectivity index (χ1) is 17.4. The van der Waals surface area contributed by atoms with Gasteiger partial charge in [-0.1, -0.05) is 66.7 Å². The molecule has 2 N–H and O–H groups in total. The third-order valence-electron chi connectivity index (χ3n) is 6.36. The van der Waals surface area contributed by atoms with Crippen molar-refractivity contribution in [3.05, 3.63) is 63.8 Å². The molecule has 0 saturated heterocycles. The van der Waals surface area contributed by atoms with E-state index in [1.165, 1.54) is 11.2 Å². The number of nitrogens with one attached hydrogen (secondary N) is 1. The molecule has 36 heavy (non-hydrogen) atoms. The zero-order valence-electron chi connectivity index (χ0n) is 19.7. The zero-order chi connectivity index (χ0) is 25.2. The molecule has 2 aromatic heterocycles. The van der Waals surface area contributed by atoms with E-state index in [-0.39, 0.29) is 24.2 Å². The van der Waals surface area contributed by atoms with Crippen molar-refractivity contribution in [2.75, 3.05) is 0 Å². The Morgan fingerprint density at radius 3 is 2.42 bits per heavy atom. The summed E-state index contributed by atoms with van der Waals surface area (Å²) in [4.78, 5) is 14.7. The smallest absolute Gasteiger partial charge is 0.272 e. The average molecular weight is 526 g/mol. The highest BCUT2D eigenvalue weighted by molar-refractivity contribution is 6.35. The lowest BCUT2D eigenvalue weighted by molar-refractivity contribution is 0.0919. The topological polar surface area (TPSA) is 111 Å². The average Bonchev–Trinajstić information content (AvgIpc) is 3.48. The molecule has 0 spiro atoms. The van der Waals surface area contributed by atoms with E-state index in [1.807, 2.05) is 24.3 Å². The van der Waals surface area contributed by atoms with E-state index in [0.29, 0.717) is 32.8 Å². The van der Waals surface area contributed by atoms with Crippen LogP contribution in [0, 0.1) is 0 Å². The van der Waals surface area contributed by atoms with Gasteiger partial charge in [-0.15, -0.1) is 10.2 Å². The number of aliphatic hydroxyl groups excluding tert-OH is 1. The lowest BCUT2D eigenvalue weighted by Gasteiger charge is -2.22. The molecule has 0 bridgehead atoms. The molecule has 5 rings (SSSR count). The molecule has 186 valence electrons. The fourth-order valence-electron chi connectivity index (χ4n) is 4.58. The first-order valence-electron chi connectivity index (χ1n) is 11.8. The second kappa shape index (κ2) is 10.4. The Morgan fingerprint density at radius 2 is 1.78 bits per heavy atom. The van der Waals surface area contributed by atoms with E-state index in [1.54, 1.807) is 29.9 Å². The van der Waals surface area contributed by atoms with Crippen LogP contribution < -0.4 is 5.32 Å². The largest absolute Gasteiger partial charge is 0.392 e. The summed E-state index contributed by atoms with van der Waals surface area (Å²) < 4.78 is 1.59. The van der Waals surface area contributed by atoms with Crippen LogP contribution in [0.5, 0.6) is 0 Å². The molecule has 1 saturated carbocycles. The molecule has 2 aromatic carbocycles. The molecular formula is C25H25Cl2N7O2. The van der Waals surface area contributed by atoms with Crippen LogP contribution in [0.2, 0.25) is 10.0 Å². The molecule has 1 aliphatic carbocycles. The number of aliphatic hydroxyl groups is 1. The van der Waals surface area contributed by atoms with Gasteiger partial charge in [-0.3, -0.25) is 4.79 Å². The van der Waals surface area contributed by atoms with Gasteiger partial charge in [-0.2, -0.15) is 9.90 Å². The van der Waals surface area contributed by atoms with Crippen LogP contribution >= 0.6 is 23.2 Å². The number of tetrazole rings is 1. The van der Waals surface area contributed by atoms with Gasteiger partial charge in [0.05, 0.1) is 30.1 Å². The van der Waals surface area contributed by atoms with Gasteiger partial charge in [0.2, 0.25) is 5.82 Å². The number of carbonyl (C=O) groups is 1. The van der Waals surface area contributed by atoms with Gasteiger partial charge < -0.3 is 10.4 Å². The van der Waals surface area contributed by atoms with Crippen molar-refractivity contribution >= 4 is 29.1 Å². The number of aromatic nitrogens is 6. The summed E-state index contributed by atoms with van der Waals surface area (Å²) in [6, 6.07) is 12.6. The zero-order valence-corrected chi connectivity index (χ0v) is 21.2. The molecule has 4 aromatic rings. The van der Waals surface area contributed by atoms with Crippen LogP contribution in [0.4, 0.5) is 0 Å². The fourth-order valence-corrected chi connectivity index (χ4v) is 5.07. The normalized spacial score (nSPS) is 14.2. The Labute approximate surface area is 218 Å².